The van der Waals surface area contributed by atoms with Crippen molar-refractivity contribution in [3.05, 3.63) is 70.8 Å². The fourth-order valence-corrected chi connectivity index (χ4v) is 2.73. The van der Waals surface area contributed by atoms with Crippen molar-refractivity contribution in [1.82, 2.24) is 4.90 Å². The smallest absolute Gasteiger partial charge is 0.335 e. The summed E-state index contributed by atoms with van der Waals surface area (Å²) >= 11 is 0. The second-order valence-electron chi connectivity index (χ2n) is 5.65. The van der Waals surface area contributed by atoms with Crippen LogP contribution in [0.1, 0.15) is 33.1 Å². The zero-order chi connectivity index (χ0) is 15.7. The number of hydrogen-bond acceptors (Lipinski definition) is 3. The molecule has 4 heteroatoms. The molecule has 1 unspecified atom stereocenters. The van der Waals surface area contributed by atoms with Gasteiger partial charge in [-0.1, -0.05) is 36.4 Å². The van der Waals surface area contributed by atoms with Crippen LogP contribution in [-0.4, -0.2) is 35.9 Å². The molecule has 1 N–H and O–H groups in total. The van der Waals surface area contributed by atoms with E-state index in [2.05, 4.69) is 12.1 Å². The van der Waals surface area contributed by atoms with E-state index in [0.29, 0.717) is 5.56 Å². The van der Waals surface area contributed by atoms with E-state index in [1.54, 1.807) is 12.1 Å². The van der Waals surface area contributed by atoms with Gasteiger partial charge in [-0.3, -0.25) is 4.99 Å². The number of nitrogens with zero attached hydrogens (tertiary/aromatic N) is 2. The largest absolute Gasteiger partial charge is 0.478 e. The number of amidine groups is 1. The summed E-state index contributed by atoms with van der Waals surface area (Å²) < 4.78 is 0. The maximum atomic E-state index is 11.0. The van der Waals surface area contributed by atoms with Crippen molar-refractivity contribution < 1.29 is 9.90 Å². The molecule has 112 valence electrons. The minimum atomic E-state index is -0.909. The van der Waals surface area contributed by atoms with Gasteiger partial charge in [0.25, 0.3) is 0 Å². The van der Waals surface area contributed by atoms with Crippen molar-refractivity contribution in [2.24, 2.45) is 4.99 Å². The molecule has 0 spiro atoms. The van der Waals surface area contributed by atoms with Crippen molar-refractivity contribution >= 4 is 11.8 Å². The normalized spacial score (nSPS) is 16.6. The number of carboxylic acids is 1. The van der Waals surface area contributed by atoms with Gasteiger partial charge in [0.05, 0.1) is 5.56 Å². The maximum Gasteiger partial charge on any atom is 0.335 e. The van der Waals surface area contributed by atoms with Gasteiger partial charge in [0.1, 0.15) is 11.9 Å². The number of benzene rings is 2. The van der Waals surface area contributed by atoms with Crippen LogP contribution in [0.15, 0.2) is 53.5 Å². The molecule has 1 aliphatic rings. The number of rotatable bonds is 2. The number of hydrogen-bond donors (Lipinski definition) is 1. The van der Waals surface area contributed by atoms with Gasteiger partial charge in [0.15, 0.2) is 0 Å². The summed E-state index contributed by atoms with van der Waals surface area (Å²) in [5.74, 6) is 0.124. The second kappa shape index (κ2) is 5.64. The van der Waals surface area contributed by atoms with Crippen molar-refractivity contribution in [2.75, 3.05) is 14.1 Å². The first-order chi connectivity index (χ1) is 10.6. The van der Waals surface area contributed by atoms with Crippen LogP contribution in [-0.2, 0) is 6.42 Å². The number of likely N-dealkylation sites (N-methyl/N-ethyl adjacent to an activating group) is 1. The molecule has 0 fully saturated rings. The molecular weight excluding hydrogens is 276 g/mol. The maximum absolute atomic E-state index is 11.0. The topological polar surface area (TPSA) is 52.9 Å². The van der Waals surface area contributed by atoms with E-state index in [9.17, 15) is 4.79 Å². The van der Waals surface area contributed by atoms with E-state index < -0.39 is 5.97 Å². The summed E-state index contributed by atoms with van der Waals surface area (Å²) in [5, 5.41) is 9.02. The van der Waals surface area contributed by atoms with E-state index in [1.165, 1.54) is 11.1 Å². The highest BCUT2D eigenvalue weighted by Gasteiger charge is 2.23. The molecule has 0 radical (unpaired) electrons. The van der Waals surface area contributed by atoms with Crippen LogP contribution in [0.5, 0.6) is 0 Å². The SMILES string of the molecule is CN(C)C1=NC(c2ccc(C(=O)O)cc2)c2ccccc2C1. The molecule has 3 rings (SSSR count). The molecule has 22 heavy (non-hydrogen) atoms. The molecule has 1 aliphatic heterocycles. The minimum Gasteiger partial charge on any atom is -0.478 e. The van der Waals surface area contributed by atoms with Gasteiger partial charge in [-0.15, -0.1) is 0 Å². The van der Waals surface area contributed by atoms with Crippen LogP contribution in [0.4, 0.5) is 0 Å². The summed E-state index contributed by atoms with van der Waals surface area (Å²) in [5.41, 5.74) is 3.77. The molecule has 0 bridgehead atoms. The lowest BCUT2D eigenvalue weighted by Gasteiger charge is -2.27. The van der Waals surface area contributed by atoms with E-state index in [0.717, 1.165) is 17.8 Å². The first-order valence-electron chi connectivity index (χ1n) is 7.21. The van der Waals surface area contributed by atoms with Crippen molar-refractivity contribution in [1.29, 1.82) is 0 Å². The van der Waals surface area contributed by atoms with Gasteiger partial charge in [-0.25, -0.2) is 4.79 Å². The Morgan fingerprint density at radius 3 is 2.45 bits per heavy atom. The Hall–Kier alpha value is -2.62. The highest BCUT2D eigenvalue weighted by Crippen LogP contribution is 2.33. The fraction of sp³-hybridized carbons (Fsp3) is 0.222. The first-order valence-corrected chi connectivity index (χ1v) is 7.21. The Balaban J connectivity index is 2.05. The Morgan fingerprint density at radius 1 is 1.14 bits per heavy atom. The summed E-state index contributed by atoms with van der Waals surface area (Å²) in [4.78, 5) is 17.9. The molecule has 2 aromatic rings. The number of aromatic carboxylic acids is 1. The number of carbonyl (C=O) groups is 1. The predicted molar refractivity (Wildman–Crippen MR) is 86.5 cm³/mol. The Bertz CT molecular complexity index is 733. The van der Waals surface area contributed by atoms with E-state index in [4.69, 9.17) is 10.1 Å². The molecule has 0 amide bonds. The zero-order valence-corrected chi connectivity index (χ0v) is 12.7. The Morgan fingerprint density at radius 2 is 1.82 bits per heavy atom. The molecule has 1 atom stereocenters. The number of carboxylic acid groups (broad SMARTS) is 1. The van der Waals surface area contributed by atoms with E-state index >= 15 is 0 Å². The van der Waals surface area contributed by atoms with E-state index in [1.807, 2.05) is 43.3 Å². The monoisotopic (exact) mass is 294 g/mol. The molecular formula is C18H18N2O2. The minimum absolute atomic E-state index is 0.0785. The zero-order valence-electron chi connectivity index (χ0n) is 12.7. The quantitative estimate of drug-likeness (QED) is 0.926. The molecule has 0 aliphatic carbocycles. The third-order valence-electron chi connectivity index (χ3n) is 3.97. The molecule has 2 aromatic carbocycles. The highest BCUT2D eigenvalue weighted by molar-refractivity contribution is 5.88. The van der Waals surface area contributed by atoms with Gasteiger partial charge in [-0.2, -0.15) is 0 Å². The van der Waals surface area contributed by atoms with Gasteiger partial charge in [0, 0.05) is 20.5 Å². The third kappa shape index (κ3) is 2.60. The summed E-state index contributed by atoms with van der Waals surface area (Å²) in [6, 6.07) is 15.2. The van der Waals surface area contributed by atoms with Gasteiger partial charge in [-0.05, 0) is 28.8 Å². The lowest BCUT2D eigenvalue weighted by Crippen LogP contribution is -2.28. The van der Waals surface area contributed by atoms with Crippen molar-refractivity contribution in [3.8, 4) is 0 Å². The van der Waals surface area contributed by atoms with Crippen molar-refractivity contribution in [3.63, 3.8) is 0 Å². The van der Waals surface area contributed by atoms with Crippen LogP contribution in [0, 0.1) is 0 Å². The van der Waals surface area contributed by atoms with Crippen LogP contribution in [0.2, 0.25) is 0 Å². The van der Waals surface area contributed by atoms with Crippen molar-refractivity contribution in [2.45, 2.75) is 12.5 Å². The molecule has 4 nitrogen and oxygen atoms in total. The van der Waals surface area contributed by atoms with Gasteiger partial charge >= 0.3 is 5.97 Å². The third-order valence-corrected chi connectivity index (χ3v) is 3.97. The van der Waals surface area contributed by atoms with Crippen LogP contribution < -0.4 is 0 Å². The van der Waals surface area contributed by atoms with Gasteiger partial charge in [0.2, 0.25) is 0 Å². The molecule has 0 saturated heterocycles. The van der Waals surface area contributed by atoms with Gasteiger partial charge < -0.3 is 10.0 Å². The number of aliphatic imine (C=N–C) groups is 1. The predicted octanol–water partition coefficient (Wildman–Crippen LogP) is 2.99. The average molecular weight is 294 g/mol. The standard InChI is InChI=1S/C18H18N2O2/c1-20(2)16-11-14-5-3-4-6-15(14)17(19-16)12-7-9-13(10-8-12)18(21)22/h3-10,17H,11H2,1-2H3,(H,21,22). The Kier molecular flexibility index (Phi) is 3.67. The van der Waals surface area contributed by atoms with E-state index in [-0.39, 0.29) is 6.04 Å². The summed E-state index contributed by atoms with van der Waals surface area (Å²) in [6.45, 7) is 0. The Labute approximate surface area is 129 Å². The van der Waals surface area contributed by atoms with Crippen LogP contribution in [0.25, 0.3) is 0 Å². The molecule has 1 heterocycles. The second-order valence-corrected chi connectivity index (χ2v) is 5.65. The summed E-state index contributed by atoms with van der Waals surface area (Å²) in [6.07, 6.45) is 0.826. The lowest BCUT2D eigenvalue weighted by molar-refractivity contribution is 0.0697. The van der Waals surface area contributed by atoms with Crippen LogP contribution >= 0.6 is 0 Å². The first kappa shape index (κ1) is 14.3. The molecule has 0 saturated carbocycles. The highest BCUT2D eigenvalue weighted by atomic mass is 16.4. The average Bonchev–Trinajstić information content (AvgIpc) is 2.53. The lowest BCUT2D eigenvalue weighted by atomic mass is 9.90. The molecule has 0 aromatic heterocycles. The fourth-order valence-electron chi connectivity index (χ4n) is 2.73. The number of fused-ring (bicyclic) bond motifs is 1. The summed E-state index contributed by atoms with van der Waals surface area (Å²) in [7, 11) is 3.99. The van der Waals surface area contributed by atoms with Crippen LogP contribution in [0.3, 0.4) is 0 Å².